The van der Waals surface area contributed by atoms with Crippen LogP contribution in [0, 0.1) is 17.8 Å². The molecule has 2 amide bonds. The molecule has 3 aliphatic carbocycles. The van der Waals surface area contributed by atoms with E-state index in [0.29, 0.717) is 41.6 Å². The number of fused-ring (bicyclic) bond motifs is 1. The molecule has 40 heavy (non-hydrogen) atoms. The summed E-state index contributed by atoms with van der Waals surface area (Å²) < 4.78 is 56.2. The number of carbonyl (C=O) groups is 2. The van der Waals surface area contributed by atoms with Gasteiger partial charge in [-0.25, -0.2) is 17.6 Å². The monoisotopic (exact) mass is 580 g/mol. The number of thiophene rings is 1. The molecule has 3 aromatic rings. The van der Waals surface area contributed by atoms with Crippen LogP contribution in [0.4, 0.5) is 34.3 Å². The number of anilines is 3. The molecule has 0 saturated heterocycles. The molecular weight excluding hydrogens is 552 g/mol. The minimum absolute atomic E-state index is 0.101. The van der Waals surface area contributed by atoms with Crippen LogP contribution in [0.2, 0.25) is 0 Å². The molecule has 0 radical (unpaired) electrons. The molecule has 0 bridgehead atoms. The third kappa shape index (κ3) is 5.06. The van der Waals surface area contributed by atoms with E-state index < -0.39 is 24.2 Å². The van der Waals surface area contributed by atoms with E-state index in [4.69, 9.17) is 0 Å². The van der Waals surface area contributed by atoms with E-state index in [-0.39, 0.29) is 42.4 Å². The van der Waals surface area contributed by atoms with Crippen LogP contribution in [0.1, 0.15) is 65.1 Å². The number of halogens is 4. The number of nitrogens with one attached hydrogen (secondary N) is 3. The highest BCUT2D eigenvalue weighted by Crippen LogP contribution is 2.48. The zero-order chi connectivity index (χ0) is 28.3. The third-order valence-corrected chi connectivity index (χ3v) is 9.15. The zero-order valence-electron chi connectivity index (χ0n) is 21.8. The number of amides is 2. The molecular formula is C25H28F4N8O2S. The quantitative estimate of drug-likeness (QED) is 0.322. The van der Waals surface area contributed by atoms with Gasteiger partial charge in [-0.15, -0.1) is 21.5 Å². The van der Waals surface area contributed by atoms with Gasteiger partial charge in [0.15, 0.2) is 0 Å². The fourth-order valence-corrected chi connectivity index (χ4v) is 6.49. The average Bonchev–Trinajstić information content (AvgIpc) is 3.51. The van der Waals surface area contributed by atoms with E-state index in [0.717, 1.165) is 16.9 Å². The predicted molar refractivity (Wildman–Crippen MR) is 138 cm³/mol. The van der Waals surface area contributed by atoms with Crippen LogP contribution in [0.15, 0.2) is 12.4 Å². The number of aryl methyl sites for hydroxylation is 2. The van der Waals surface area contributed by atoms with Crippen molar-refractivity contribution < 1.29 is 27.2 Å². The van der Waals surface area contributed by atoms with Crippen molar-refractivity contribution in [2.24, 2.45) is 24.8 Å². The number of rotatable bonds is 9. The van der Waals surface area contributed by atoms with Crippen molar-refractivity contribution in [1.82, 2.24) is 29.9 Å². The first-order valence-corrected chi connectivity index (χ1v) is 13.9. The predicted octanol–water partition coefficient (Wildman–Crippen LogP) is 4.46. The molecule has 6 rings (SSSR count). The zero-order valence-corrected chi connectivity index (χ0v) is 22.6. The maximum absolute atomic E-state index is 13.4. The lowest BCUT2D eigenvalue weighted by molar-refractivity contribution is -0.117. The molecule has 3 heterocycles. The first kappa shape index (κ1) is 26.7. The molecule has 15 heteroatoms. The Balaban J connectivity index is 1.25. The molecule has 0 aromatic carbocycles. The second-order valence-electron chi connectivity index (χ2n) is 10.9. The molecule has 3 N–H and O–H groups in total. The first-order chi connectivity index (χ1) is 19.0. The summed E-state index contributed by atoms with van der Waals surface area (Å²) in [6, 6.07) is 1.05. The number of carbonyl (C=O) groups excluding carboxylic acids is 2. The fraction of sp³-hybridized carbons (Fsp3) is 0.560. The minimum Gasteiger partial charge on any atom is -0.351 e. The van der Waals surface area contributed by atoms with Gasteiger partial charge >= 0.3 is 0 Å². The Kier molecular flexibility index (Phi) is 6.58. The lowest BCUT2D eigenvalue weighted by Gasteiger charge is -2.25. The van der Waals surface area contributed by atoms with Crippen LogP contribution >= 0.6 is 11.3 Å². The normalized spacial score (nSPS) is 24.5. The van der Waals surface area contributed by atoms with Crippen LogP contribution in [0.25, 0.3) is 0 Å². The van der Waals surface area contributed by atoms with Gasteiger partial charge in [0.05, 0.1) is 5.56 Å². The number of aromatic nitrogens is 5. The molecule has 4 atom stereocenters. The third-order valence-electron chi connectivity index (χ3n) is 7.94. The van der Waals surface area contributed by atoms with Crippen molar-refractivity contribution in [2.75, 3.05) is 17.2 Å². The molecule has 3 aromatic heterocycles. The van der Waals surface area contributed by atoms with E-state index in [9.17, 15) is 27.2 Å². The van der Waals surface area contributed by atoms with Gasteiger partial charge < -0.3 is 16.0 Å². The molecule has 2 saturated carbocycles. The summed E-state index contributed by atoms with van der Waals surface area (Å²) in [5, 5.41) is 20.9. The van der Waals surface area contributed by atoms with Gasteiger partial charge in [0.1, 0.15) is 22.8 Å². The Morgan fingerprint density at radius 3 is 2.70 bits per heavy atom. The van der Waals surface area contributed by atoms with Crippen molar-refractivity contribution in [3.05, 3.63) is 34.1 Å². The minimum atomic E-state index is -2.76. The van der Waals surface area contributed by atoms with Crippen LogP contribution < -0.4 is 16.0 Å². The summed E-state index contributed by atoms with van der Waals surface area (Å²) in [6.45, 7) is 1.85. The number of hydrogen-bond acceptors (Lipinski definition) is 7. The van der Waals surface area contributed by atoms with Crippen molar-refractivity contribution >= 4 is 39.9 Å². The Hall–Kier alpha value is -3.49. The van der Waals surface area contributed by atoms with Gasteiger partial charge in [-0.2, -0.15) is 5.10 Å². The highest BCUT2D eigenvalue weighted by molar-refractivity contribution is 7.17. The van der Waals surface area contributed by atoms with Crippen LogP contribution in [-0.4, -0.2) is 48.8 Å². The highest BCUT2D eigenvalue weighted by atomic mass is 32.1. The highest BCUT2D eigenvalue weighted by Gasteiger charge is 2.56. The van der Waals surface area contributed by atoms with E-state index in [1.807, 2.05) is 6.92 Å². The molecule has 214 valence electrons. The molecule has 0 aliphatic heterocycles. The van der Waals surface area contributed by atoms with Gasteiger partial charge in [-0.05, 0) is 37.2 Å². The van der Waals surface area contributed by atoms with Crippen molar-refractivity contribution in [2.45, 2.75) is 57.4 Å². The van der Waals surface area contributed by atoms with E-state index in [1.54, 1.807) is 4.57 Å². The van der Waals surface area contributed by atoms with Gasteiger partial charge in [-0.1, -0.05) is 6.92 Å². The molecule has 1 unspecified atom stereocenters. The SMILES string of the molecule is C[C@H]1C[C@@H]1C(=O)Nc1sc2c(c1C(=O)NCC1CC1(F)F)C[C@@H](n1cnnc1Nc1cc(C(F)F)nn1C)CC2. The van der Waals surface area contributed by atoms with Crippen molar-refractivity contribution in [3.8, 4) is 0 Å². The van der Waals surface area contributed by atoms with Gasteiger partial charge in [0.25, 0.3) is 18.3 Å². The van der Waals surface area contributed by atoms with Crippen LogP contribution in [-0.2, 0) is 24.7 Å². The summed E-state index contributed by atoms with van der Waals surface area (Å²) in [5.74, 6) is -3.45. The first-order valence-electron chi connectivity index (χ1n) is 13.1. The maximum atomic E-state index is 13.4. The smallest absolute Gasteiger partial charge is 0.282 e. The average molecular weight is 581 g/mol. The van der Waals surface area contributed by atoms with E-state index in [1.165, 1.54) is 35.5 Å². The molecule has 0 spiro atoms. The summed E-state index contributed by atoms with van der Waals surface area (Å²) in [5.41, 5.74) is 0.693. The van der Waals surface area contributed by atoms with Crippen LogP contribution in [0.5, 0.6) is 0 Å². The second-order valence-corrected chi connectivity index (χ2v) is 12.0. The Morgan fingerprint density at radius 1 is 1.30 bits per heavy atom. The van der Waals surface area contributed by atoms with Gasteiger partial charge in [0.2, 0.25) is 11.9 Å². The van der Waals surface area contributed by atoms with E-state index >= 15 is 0 Å². The van der Waals surface area contributed by atoms with Crippen LogP contribution in [0.3, 0.4) is 0 Å². The summed E-state index contributed by atoms with van der Waals surface area (Å²) in [7, 11) is 1.54. The molecule has 3 aliphatic rings. The summed E-state index contributed by atoms with van der Waals surface area (Å²) in [6.07, 6.45) is 1.04. The Labute approximate surface area is 230 Å². The number of nitrogens with zero attached hydrogens (tertiary/aromatic N) is 5. The maximum Gasteiger partial charge on any atom is 0.282 e. The topological polar surface area (TPSA) is 119 Å². The van der Waals surface area contributed by atoms with Gasteiger partial charge in [0, 0.05) is 48.8 Å². The van der Waals surface area contributed by atoms with E-state index in [2.05, 4.69) is 31.2 Å². The second kappa shape index (κ2) is 9.85. The molecule has 10 nitrogen and oxygen atoms in total. The number of hydrogen-bond donors (Lipinski definition) is 3. The Morgan fingerprint density at radius 2 is 2.05 bits per heavy atom. The molecule has 2 fully saturated rings. The van der Waals surface area contributed by atoms with Gasteiger partial charge in [-0.3, -0.25) is 18.8 Å². The lowest BCUT2D eigenvalue weighted by atomic mass is 9.91. The fourth-order valence-electron chi connectivity index (χ4n) is 5.25. The number of alkyl halides is 4. The van der Waals surface area contributed by atoms with Crippen molar-refractivity contribution in [1.29, 1.82) is 0 Å². The summed E-state index contributed by atoms with van der Waals surface area (Å²) in [4.78, 5) is 27.1. The summed E-state index contributed by atoms with van der Waals surface area (Å²) >= 11 is 1.35. The Bertz CT molecular complexity index is 1470. The van der Waals surface area contributed by atoms with Crippen molar-refractivity contribution in [3.63, 3.8) is 0 Å². The lowest BCUT2D eigenvalue weighted by Crippen LogP contribution is -2.29. The largest absolute Gasteiger partial charge is 0.351 e. The standard InChI is InChI=1S/C25H28F4N8O2S/c1-11-5-14(11)21(38)33-23-19(22(39)30-9-12-8-25(12,28)29)15-6-13(3-4-17(15)40-23)37-10-31-34-24(37)32-18-7-16(20(26)27)35-36(18)2/h7,10-14,20H,3-6,8-9H2,1-2H3,(H,30,39)(H,32,34)(H,33,38)/t11-,12?,13-,14-/m0/s1.